The lowest BCUT2D eigenvalue weighted by Gasteiger charge is -2.35. The molecule has 1 aromatic rings. The maximum Gasteiger partial charge on any atom is 0.305 e. The van der Waals surface area contributed by atoms with Gasteiger partial charge in [-0.2, -0.15) is 0 Å². The molecule has 0 spiro atoms. The molecule has 1 heterocycles. The number of amides is 1. The van der Waals surface area contributed by atoms with Crippen LogP contribution in [0.1, 0.15) is 24.3 Å². The van der Waals surface area contributed by atoms with Gasteiger partial charge < -0.3 is 14.7 Å². The van der Waals surface area contributed by atoms with Crippen LogP contribution in [-0.4, -0.2) is 47.7 Å². The number of morpholine rings is 1. The van der Waals surface area contributed by atoms with Crippen LogP contribution in [0.5, 0.6) is 0 Å². The molecule has 1 N–H and O–H groups in total. The van der Waals surface area contributed by atoms with E-state index in [1.807, 2.05) is 30.3 Å². The smallest absolute Gasteiger partial charge is 0.305 e. The van der Waals surface area contributed by atoms with E-state index in [-0.39, 0.29) is 30.9 Å². The summed E-state index contributed by atoms with van der Waals surface area (Å²) in [5.74, 6) is -1.04. The zero-order chi connectivity index (χ0) is 15.9. The second kappa shape index (κ2) is 7.75. The van der Waals surface area contributed by atoms with Gasteiger partial charge >= 0.3 is 5.97 Å². The number of hydrogen-bond donors (Lipinski definition) is 1. The van der Waals surface area contributed by atoms with E-state index < -0.39 is 5.97 Å². The van der Waals surface area contributed by atoms with Crippen molar-refractivity contribution in [3.05, 3.63) is 48.6 Å². The highest BCUT2D eigenvalue weighted by Crippen LogP contribution is 2.23. The molecule has 0 bridgehead atoms. The maximum atomic E-state index is 12.6. The van der Waals surface area contributed by atoms with E-state index in [1.54, 1.807) is 11.0 Å². The highest BCUT2D eigenvalue weighted by atomic mass is 16.5. The summed E-state index contributed by atoms with van der Waals surface area (Å²) < 4.78 is 5.30. The Labute approximate surface area is 130 Å². The molecule has 2 rings (SSSR count). The van der Waals surface area contributed by atoms with Crippen LogP contribution in [0.25, 0.3) is 0 Å². The van der Waals surface area contributed by atoms with Gasteiger partial charge in [0.25, 0.3) is 0 Å². The predicted octanol–water partition coefficient (Wildman–Crippen LogP) is 2.05. The summed E-state index contributed by atoms with van der Waals surface area (Å²) in [5.41, 5.74) is 1.04. The van der Waals surface area contributed by atoms with Gasteiger partial charge in [-0.05, 0) is 5.56 Å². The van der Waals surface area contributed by atoms with Crippen LogP contribution in [-0.2, 0) is 14.3 Å². The Hall–Kier alpha value is -2.14. The molecular weight excluding hydrogens is 282 g/mol. The van der Waals surface area contributed by atoms with Crippen LogP contribution < -0.4 is 0 Å². The van der Waals surface area contributed by atoms with Gasteiger partial charge in [-0.3, -0.25) is 9.59 Å². The molecule has 1 aliphatic heterocycles. The molecule has 0 saturated carbocycles. The lowest BCUT2D eigenvalue weighted by atomic mass is 9.95. The van der Waals surface area contributed by atoms with Gasteiger partial charge in [0.05, 0.1) is 25.7 Å². The number of ether oxygens (including phenoxy) is 1. The SMILES string of the molecule is C=CC(CC(=O)N1CCOCC1CC(=O)O)c1ccccc1. The van der Waals surface area contributed by atoms with Crippen LogP contribution in [0.15, 0.2) is 43.0 Å². The predicted molar refractivity (Wildman–Crippen MR) is 82.6 cm³/mol. The lowest BCUT2D eigenvalue weighted by Crippen LogP contribution is -2.49. The van der Waals surface area contributed by atoms with Gasteiger partial charge in [0, 0.05) is 18.9 Å². The average molecular weight is 303 g/mol. The van der Waals surface area contributed by atoms with Gasteiger partial charge in [0.1, 0.15) is 0 Å². The van der Waals surface area contributed by atoms with Crippen LogP contribution in [0.3, 0.4) is 0 Å². The Morgan fingerprint density at radius 1 is 1.41 bits per heavy atom. The van der Waals surface area contributed by atoms with Crippen molar-refractivity contribution in [3.8, 4) is 0 Å². The fraction of sp³-hybridized carbons (Fsp3) is 0.412. The maximum absolute atomic E-state index is 12.6. The van der Waals surface area contributed by atoms with Gasteiger partial charge in [0.2, 0.25) is 5.91 Å². The number of carbonyl (C=O) groups is 2. The standard InChI is InChI=1S/C17H21NO4/c1-2-13(14-6-4-3-5-7-14)10-16(19)18-8-9-22-12-15(18)11-17(20)21/h2-7,13,15H,1,8-12H2,(H,20,21). The molecule has 1 amide bonds. The van der Waals surface area contributed by atoms with E-state index in [9.17, 15) is 9.59 Å². The van der Waals surface area contributed by atoms with E-state index in [0.29, 0.717) is 19.6 Å². The first-order chi connectivity index (χ1) is 10.6. The van der Waals surface area contributed by atoms with Crippen molar-refractivity contribution in [1.29, 1.82) is 0 Å². The van der Waals surface area contributed by atoms with Crippen molar-refractivity contribution in [2.75, 3.05) is 19.8 Å². The molecule has 0 aliphatic carbocycles. The van der Waals surface area contributed by atoms with Crippen LogP contribution in [0.2, 0.25) is 0 Å². The zero-order valence-corrected chi connectivity index (χ0v) is 12.5. The second-order valence-electron chi connectivity index (χ2n) is 5.37. The van der Waals surface area contributed by atoms with Crippen molar-refractivity contribution < 1.29 is 19.4 Å². The molecule has 1 fully saturated rings. The van der Waals surface area contributed by atoms with Crippen molar-refractivity contribution >= 4 is 11.9 Å². The fourth-order valence-electron chi connectivity index (χ4n) is 2.70. The lowest BCUT2D eigenvalue weighted by molar-refractivity contribution is -0.146. The monoisotopic (exact) mass is 303 g/mol. The molecule has 0 aromatic heterocycles. The summed E-state index contributed by atoms with van der Waals surface area (Å²) in [6.07, 6.45) is 1.97. The molecule has 1 aromatic carbocycles. The largest absolute Gasteiger partial charge is 0.481 e. The normalized spacial score (nSPS) is 19.5. The fourth-order valence-corrected chi connectivity index (χ4v) is 2.70. The number of carbonyl (C=O) groups excluding carboxylic acids is 1. The van der Waals surface area contributed by atoms with E-state index in [2.05, 4.69) is 6.58 Å². The second-order valence-corrected chi connectivity index (χ2v) is 5.37. The van der Waals surface area contributed by atoms with Crippen LogP contribution in [0, 0.1) is 0 Å². The highest BCUT2D eigenvalue weighted by molar-refractivity contribution is 5.79. The Balaban J connectivity index is 2.05. The molecule has 1 aliphatic rings. The first kappa shape index (κ1) is 16.2. The number of rotatable bonds is 6. The third-order valence-corrected chi connectivity index (χ3v) is 3.86. The van der Waals surface area contributed by atoms with Crippen LogP contribution >= 0.6 is 0 Å². The van der Waals surface area contributed by atoms with E-state index in [1.165, 1.54) is 0 Å². The summed E-state index contributed by atoms with van der Waals surface area (Å²) in [4.78, 5) is 25.1. The van der Waals surface area contributed by atoms with E-state index in [0.717, 1.165) is 5.56 Å². The highest BCUT2D eigenvalue weighted by Gasteiger charge is 2.30. The molecule has 5 nitrogen and oxygen atoms in total. The van der Waals surface area contributed by atoms with Crippen LogP contribution in [0.4, 0.5) is 0 Å². The van der Waals surface area contributed by atoms with Crippen molar-refractivity contribution in [2.24, 2.45) is 0 Å². The summed E-state index contributed by atoms with van der Waals surface area (Å²) >= 11 is 0. The first-order valence-corrected chi connectivity index (χ1v) is 7.38. The Bertz CT molecular complexity index is 529. The number of aliphatic carboxylic acids is 1. The third kappa shape index (κ3) is 4.18. The Morgan fingerprint density at radius 2 is 2.14 bits per heavy atom. The van der Waals surface area contributed by atoms with Crippen molar-refractivity contribution in [3.63, 3.8) is 0 Å². The molecule has 5 heteroatoms. The molecule has 2 atom stereocenters. The summed E-state index contributed by atoms with van der Waals surface area (Å²) in [6.45, 7) is 4.98. The number of nitrogens with zero attached hydrogens (tertiary/aromatic N) is 1. The summed E-state index contributed by atoms with van der Waals surface area (Å²) in [5, 5.41) is 8.96. The molecule has 118 valence electrons. The first-order valence-electron chi connectivity index (χ1n) is 7.38. The van der Waals surface area contributed by atoms with E-state index >= 15 is 0 Å². The quantitative estimate of drug-likeness (QED) is 0.817. The molecular formula is C17H21NO4. The van der Waals surface area contributed by atoms with Gasteiger partial charge in [-0.25, -0.2) is 0 Å². The minimum absolute atomic E-state index is 0.0525. The molecule has 1 saturated heterocycles. The number of allylic oxidation sites excluding steroid dienone is 1. The summed E-state index contributed by atoms with van der Waals surface area (Å²) in [7, 11) is 0. The number of benzene rings is 1. The summed E-state index contributed by atoms with van der Waals surface area (Å²) in [6, 6.07) is 9.33. The number of carboxylic acids is 1. The topological polar surface area (TPSA) is 66.8 Å². The van der Waals surface area contributed by atoms with Crippen molar-refractivity contribution in [2.45, 2.75) is 24.8 Å². The molecule has 0 radical (unpaired) electrons. The minimum atomic E-state index is -0.920. The van der Waals surface area contributed by atoms with Crippen molar-refractivity contribution in [1.82, 2.24) is 4.90 Å². The van der Waals surface area contributed by atoms with E-state index in [4.69, 9.17) is 9.84 Å². The van der Waals surface area contributed by atoms with Gasteiger partial charge in [0.15, 0.2) is 0 Å². The average Bonchev–Trinajstić information content (AvgIpc) is 2.53. The Kier molecular flexibility index (Phi) is 5.72. The third-order valence-electron chi connectivity index (χ3n) is 3.86. The number of hydrogen-bond acceptors (Lipinski definition) is 3. The number of carboxylic acid groups (broad SMARTS) is 1. The zero-order valence-electron chi connectivity index (χ0n) is 12.5. The van der Waals surface area contributed by atoms with Gasteiger partial charge in [-0.1, -0.05) is 36.4 Å². The molecule has 22 heavy (non-hydrogen) atoms. The van der Waals surface area contributed by atoms with Gasteiger partial charge in [-0.15, -0.1) is 6.58 Å². The molecule has 2 unspecified atom stereocenters. The minimum Gasteiger partial charge on any atom is -0.481 e. The Morgan fingerprint density at radius 3 is 2.77 bits per heavy atom.